The fourth-order valence-electron chi connectivity index (χ4n) is 4.47. The third-order valence-electron chi connectivity index (χ3n) is 6.33. The van der Waals surface area contributed by atoms with Crippen molar-refractivity contribution in [2.45, 2.75) is 58.1 Å². The minimum absolute atomic E-state index is 0.0690. The van der Waals surface area contributed by atoms with Crippen molar-refractivity contribution >= 4 is 0 Å². The van der Waals surface area contributed by atoms with Crippen molar-refractivity contribution in [1.29, 1.82) is 0 Å². The first-order valence-corrected chi connectivity index (χ1v) is 10.9. The first kappa shape index (κ1) is 20.3. The first-order chi connectivity index (χ1) is 13.9. The molecule has 1 unspecified atom stereocenters. The lowest BCUT2D eigenvalue weighted by Gasteiger charge is -2.36. The van der Waals surface area contributed by atoms with Gasteiger partial charge >= 0.3 is 0 Å². The molecule has 2 aromatic rings. The maximum Gasteiger partial charge on any atom is 0.253 e. The SMILES string of the molecule is CC(C)(C)c1cc(=O)n(CC2CCN(CC3OCCc4ccccc43)CC2)cn1. The van der Waals surface area contributed by atoms with E-state index in [1.165, 1.54) is 11.1 Å². The van der Waals surface area contributed by atoms with Gasteiger partial charge < -0.3 is 9.64 Å². The predicted octanol–water partition coefficient (Wildman–Crippen LogP) is 3.57. The van der Waals surface area contributed by atoms with Crippen molar-refractivity contribution in [1.82, 2.24) is 14.5 Å². The maximum absolute atomic E-state index is 12.5. The first-order valence-electron chi connectivity index (χ1n) is 10.9. The number of hydrogen-bond acceptors (Lipinski definition) is 4. The number of fused-ring (bicyclic) bond motifs is 1. The smallest absolute Gasteiger partial charge is 0.253 e. The van der Waals surface area contributed by atoms with Gasteiger partial charge in [0.2, 0.25) is 0 Å². The van der Waals surface area contributed by atoms with Crippen LogP contribution in [0.5, 0.6) is 0 Å². The van der Waals surface area contributed by atoms with Gasteiger partial charge in [-0.25, -0.2) is 4.98 Å². The molecule has 0 N–H and O–H groups in total. The summed E-state index contributed by atoms with van der Waals surface area (Å²) in [7, 11) is 0. The van der Waals surface area contributed by atoms with Crippen LogP contribution in [-0.4, -0.2) is 40.7 Å². The standard InChI is InChI=1S/C24H33N3O2/c1-24(2,3)22-14-23(28)27(17-25-22)15-18-8-11-26(12-9-18)16-21-20-7-5-4-6-19(20)10-13-29-21/h4-7,14,17-18,21H,8-13,15-16H2,1-3H3. The van der Waals surface area contributed by atoms with Crippen LogP contribution in [0.3, 0.4) is 0 Å². The van der Waals surface area contributed by atoms with Crippen molar-refractivity contribution in [3.8, 4) is 0 Å². The highest BCUT2D eigenvalue weighted by atomic mass is 16.5. The van der Waals surface area contributed by atoms with Crippen LogP contribution in [0.4, 0.5) is 0 Å². The van der Waals surface area contributed by atoms with Gasteiger partial charge in [0, 0.05) is 24.6 Å². The summed E-state index contributed by atoms with van der Waals surface area (Å²) in [4.78, 5) is 19.5. The monoisotopic (exact) mass is 395 g/mol. The van der Waals surface area contributed by atoms with E-state index in [0.29, 0.717) is 5.92 Å². The molecular formula is C24H33N3O2. The van der Waals surface area contributed by atoms with Crippen molar-refractivity contribution in [3.63, 3.8) is 0 Å². The van der Waals surface area contributed by atoms with E-state index in [2.05, 4.69) is 54.9 Å². The quantitative estimate of drug-likeness (QED) is 0.794. The minimum Gasteiger partial charge on any atom is -0.372 e. The summed E-state index contributed by atoms with van der Waals surface area (Å²) in [5.74, 6) is 0.533. The Bertz CT molecular complexity index is 891. The summed E-state index contributed by atoms with van der Waals surface area (Å²) in [6.07, 6.45) is 5.17. The number of nitrogens with zero attached hydrogens (tertiary/aromatic N) is 3. The number of piperidine rings is 1. The van der Waals surface area contributed by atoms with Crippen LogP contribution in [0, 0.1) is 5.92 Å². The minimum atomic E-state index is -0.0939. The van der Waals surface area contributed by atoms with Crippen LogP contribution < -0.4 is 5.56 Å². The summed E-state index contributed by atoms with van der Waals surface area (Å²) >= 11 is 0. The summed E-state index contributed by atoms with van der Waals surface area (Å²) in [6.45, 7) is 10.9. The van der Waals surface area contributed by atoms with Crippen molar-refractivity contribution < 1.29 is 4.74 Å². The Hall–Kier alpha value is -1.98. The number of hydrogen-bond donors (Lipinski definition) is 0. The van der Waals surface area contributed by atoms with Gasteiger partial charge in [0.15, 0.2) is 0 Å². The van der Waals surface area contributed by atoms with Gasteiger partial charge in [0.1, 0.15) is 0 Å². The van der Waals surface area contributed by atoms with Crippen LogP contribution in [0.2, 0.25) is 0 Å². The molecule has 0 spiro atoms. The molecule has 0 saturated carbocycles. The van der Waals surface area contributed by atoms with Gasteiger partial charge in [0.25, 0.3) is 5.56 Å². The molecule has 1 fully saturated rings. The summed E-state index contributed by atoms with van der Waals surface area (Å²) in [5, 5.41) is 0. The van der Waals surface area contributed by atoms with Crippen LogP contribution in [-0.2, 0) is 23.1 Å². The Morgan fingerprint density at radius 2 is 1.90 bits per heavy atom. The molecule has 0 radical (unpaired) electrons. The summed E-state index contributed by atoms with van der Waals surface area (Å²) < 4.78 is 7.88. The molecule has 0 amide bonds. The van der Waals surface area contributed by atoms with Crippen molar-refractivity contribution in [3.05, 3.63) is 63.8 Å². The third kappa shape index (κ3) is 4.78. The highest BCUT2D eigenvalue weighted by molar-refractivity contribution is 5.31. The fourth-order valence-corrected chi connectivity index (χ4v) is 4.47. The summed E-state index contributed by atoms with van der Waals surface area (Å²) in [5.41, 5.74) is 3.63. The summed E-state index contributed by atoms with van der Waals surface area (Å²) in [6, 6.07) is 10.4. The van der Waals surface area contributed by atoms with Crippen LogP contribution in [0.1, 0.15) is 56.5 Å². The Balaban J connectivity index is 1.32. The Kier molecular flexibility index (Phi) is 5.88. The zero-order valence-corrected chi connectivity index (χ0v) is 17.9. The number of ether oxygens (including phenoxy) is 1. The Morgan fingerprint density at radius 3 is 2.62 bits per heavy atom. The molecule has 3 heterocycles. The maximum atomic E-state index is 12.5. The van der Waals surface area contributed by atoms with Gasteiger partial charge in [0.05, 0.1) is 24.7 Å². The number of aromatic nitrogens is 2. The number of likely N-dealkylation sites (tertiary alicyclic amines) is 1. The molecule has 4 rings (SSSR count). The van der Waals surface area contributed by atoms with Gasteiger partial charge in [-0.2, -0.15) is 0 Å². The van der Waals surface area contributed by atoms with E-state index in [9.17, 15) is 4.79 Å². The van der Waals surface area contributed by atoms with E-state index < -0.39 is 0 Å². The normalized spacial score (nSPS) is 21.1. The molecule has 1 atom stereocenters. The average Bonchev–Trinajstić information content (AvgIpc) is 2.70. The van der Waals surface area contributed by atoms with E-state index in [1.807, 2.05) is 0 Å². The molecule has 29 heavy (non-hydrogen) atoms. The van der Waals surface area contributed by atoms with Crippen LogP contribution >= 0.6 is 0 Å². The molecule has 156 valence electrons. The van der Waals surface area contributed by atoms with Crippen molar-refractivity contribution in [2.24, 2.45) is 5.92 Å². The molecule has 0 aliphatic carbocycles. The molecule has 1 aromatic carbocycles. The molecule has 5 nitrogen and oxygen atoms in total. The van der Waals surface area contributed by atoms with Gasteiger partial charge in [-0.1, -0.05) is 45.0 Å². The molecule has 1 aromatic heterocycles. The molecule has 5 heteroatoms. The molecule has 2 aliphatic heterocycles. The van der Waals surface area contributed by atoms with Crippen LogP contribution in [0.15, 0.2) is 41.5 Å². The number of rotatable bonds is 4. The Labute approximate surface area is 173 Å². The van der Waals surface area contributed by atoms with Crippen molar-refractivity contribution in [2.75, 3.05) is 26.2 Å². The van der Waals surface area contributed by atoms with Gasteiger partial charge in [-0.3, -0.25) is 9.36 Å². The molecular weight excluding hydrogens is 362 g/mol. The third-order valence-corrected chi connectivity index (χ3v) is 6.33. The van der Waals surface area contributed by atoms with E-state index in [0.717, 1.165) is 57.7 Å². The molecule has 0 bridgehead atoms. The second-order valence-electron chi connectivity index (χ2n) is 9.57. The predicted molar refractivity (Wildman–Crippen MR) is 115 cm³/mol. The second kappa shape index (κ2) is 8.41. The zero-order valence-electron chi connectivity index (χ0n) is 17.9. The highest BCUT2D eigenvalue weighted by Crippen LogP contribution is 2.29. The molecule has 2 aliphatic rings. The lowest BCUT2D eigenvalue weighted by molar-refractivity contribution is 0.00795. The largest absolute Gasteiger partial charge is 0.372 e. The molecule has 1 saturated heterocycles. The van der Waals surface area contributed by atoms with Gasteiger partial charge in [-0.15, -0.1) is 0 Å². The zero-order chi connectivity index (χ0) is 20.4. The lowest BCUT2D eigenvalue weighted by Crippen LogP contribution is -2.39. The van der Waals surface area contributed by atoms with Crippen LogP contribution in [0.25, 0.3) is 0 Å². The number of benzene rings is 1. The van der Waals surface area contributed by atoms with E-state index in [1.54, 1.807) is 17.0 Å². The average molecular weight is 396 g/mol. The van der Waals surface area contributed by atoms with E-state index in [-0.39, 0.29) is 17.1 Å². The topological polar surface area (TPSA) is 47.4 Å². The van der Waals surface area contributed by atoms with E-state index >= 15 is 0 Å². The highest BCUT2D eigenvalue weighted by Gasteiger charge is 2.26. The second-order valence-corrected chi connectivity index (χ2v) is 9.57. The van der Waals surface area contributed by atoms with E-state index in [4.69, 9.17) is 4.74 Å². The van der Waals surface area contributed by atoms with Gasteiger partial charge in [-0.05, 0) is 49.4 Å². The fraction of sp³-hybridized carbons (Fsp3) is 0.583. The Morgan fingerprint density at radius 1 is 1.14 bits per heavy atom. The lowest BCUT2D eigenvalue weighted by atomic mass is 9.92.